The maximum atomic E-state index is 8.74. The lowest BCUT2D eigenvalue weighted by atomic mass is 9.86. The first-order chi connectivity index (χ1) is 9.03. The average molecular weight is 266 g/mol. The predicted molar refractivity (Wildman–Crippen MR) is 71.7 cm³/mol. The largest absolute Gasteiger partial charge is 0.409 e. The van der Waals surface area contributed by atoms with E-state index in [1.807, 2.05) is 13.8 Å². The number of oxime groups is 1. The number of hydrogen-bond donors (Lipinski definition) is 2. The van der Waals surface area contributed by atoms with Crippen LogP contribution in [0.3, 0.4) is 0 Å². The lowest BCUT2D eigenvalue weighted by Gasteiger charge is -2.28. The number of nitrogens with two attached hydrogens (primary N) is 1. The van der Waals surface area contributed by atoms with Crippen LogP contribution < -0.4 is 5.73 Å². The smallest absolute Gasteiger partial charge is 0.147 e. The van der Waals surface area contributed by atoms with Gasteiger partial charge in [-0.3, -0.25) is 4.90 Å². The Labute approximate surface area is 113 Å². The van der Waals surface area contributed by atoms with Gasteiger partial charge in [0.05, 0.1) is 6.54 Å². The molecule has 7 nitrogen and oxygen atoms in total. The molecule has 0 spiro atoms. The van der Waals surface area contributed by atoms with Gasteiger partial charge in [-0.05, 0) is 19.4 Å². The maximum Gasteiger partial charge on any atom is 0.147 e. The van der Waals surface area contributed by atoms with Gasteiger partial charge in [-0.1, -0.05) is 19.0 Å². The van der Waals surface area contributed by atoms with Gasteiger partial charge in [0.2, 0.25) is 0 Å². The summed E-state index contributed by atoms with van der Waals surface area (Å²) in [4.78, 5) is 2.37. The van der Waals surface area contributed by atoms with E-state index in [0.717, 1.165) is 44.8 Å². The third kappa shape index (κ3) is 3.23. The quantitative estimate of drug-likeness (QED) is 0.353. The lowest BCUT2D eigenvalue weighted by Crippen LogP contribution is -2.36. The van der Waals surface area contributed by atoms with E-state index in [1.54, 1.807) is 6.33 Å². The Hall–Kier alpha value is -1.63. The molecule has 0 saturated heterocycles. The highest BCUT2D eigenvalue weighted by Crippen LogP contribution is 2.23. The van der Waals surface area contributed by atoms with Crippen LogP contribution >= 0.6 is 0 Å². The topological polar surface area (TPSA) is 92.6 Å². The van der Waals surface area contributed by atoms with E-state index >= 15 is 0 Å². The first kappa shape index (κ1) is 13.8. The van der Waals surface area contributed by atoms with E-state index in [4.69, 9.17) is 10.9 Å². The van der Waals surface area contributed by atoms with Gasteiger partial charge in [0.1, 0.15) is 18.0 Å². The molecule has 0 unspecified atom stereocenters. The third-order valence-electron chi connectivity index (χ3n) is 3.80. The molecule has 0 bridgehead atoms. The average Bonchev–Trinajstić information content (AvgIpc) is 2.84. The minimum absolute atomic E-state index is 0.259. The molecule has 0 aromatic carbocycles. The molecule has 0 radical (unpaired) electrons. The van der Waals surface area contributed by atoms with Crippen LogP contribution in [0.5, 0.6) is 0 Å². The van der Waals surface area contributed by atoms with Crippen molar-refractivity contribution in [2.45, 2.75) is 39.8 Å². The zero-order chi connectivity index (χ0) is 13.9. The summed E-state index contributed by atoms with van der Waals surface area (Å²) in [6, 6.07) is 0. The lowest BCUT2D eigenvalue weighted by molar-refractivity contribution is 0.206. The van der Waals surface area contributed by atoms with E-state index in [0.29, 0.717) is 5.84 Å². The van der Waals surface area contributed by atoms with Gasteiger partial charge in [0, 0.05) is 18.5 Å². The molecule has 0 saturated carbocycles. The molecule has 19 heavy (non-hydrogen) atoms. The summed E-state index contributed by atoms with van der Waals surface area (Å²) in [6.45, 7) is 7.81. The molecule has 0 atom stereocenters. The molecule has 2 heterocycles. The Kier molecular flexibility index (Phi) is 4.04. The summed E-state index contributed by atoms with van der Waals surface area (Å²) in [7, 11) is 0. The van der Waals surface area contributed by atoms with Crippen LogP contribution in [-0.4, -0.2) is 43.8 Å². The Balaban J connectivity index is 1.79. The Morgan fingerprint density at radius 1 is 1.53 bits per heavy atom. The number of fused-ring (bicyclic) bond motifs is 1. The van der Waals surface area contributed by atoms with Crippen LogP contribution in [0.15, 0.2) is 11.5 Å². The predicted octanol–water partition coefficient (Wildman–Crippen LogP) is 0.647. The van der Waals surface area contributed by atoms with Crippen LogP contribution in [-0.2, 0) is 13.1 Å². The maximum absolute atomic E-state index is 8.74. The Bertz CT molecular complexity index is 453. The SMILES string of the molecule is CC(C)(CCCN1CCn2cnnc2C1)C(N)=NO. The molecular formula is C12H22N6O. The first-order valence-corrected chi connectivity index (χ1v) is 6.60. The van der Waals surface area contributed by atoms with Gasteiger partial charge in [-0.2, -0.15) is 0 Å². The molecular weight excluding hydrogens is 244 g/mol. The van der Waals surface area contributed by atoms with Crippen LogP contribution in [0.2, 0.25) is 0 Å². The second kappa shape index (κ2) is 5.56. The number of amidine groups is 1. The van der Waals surface area contributed by atoms with Crippen molar-refractivity contribution < 1.29 is 5.21 Å². The monoisotopic (exact) mass is 266 g/mol. The van der Waals surface area contributed by atoms with Crippen molar-refractivity contribution in [1.82, 2.24) is 19.7 Å². The molecule has 2 rings (SSSR count). The zero-order valence-electron chi connectivity index (χ0n) is 11.6. The summed E-state index contributed by atoms with van der Waals surface area (Å²) < 4.78 is 2.09. The highest BCUT2D eigenvalue weighted by atomic mass is 16.4. The van der Waals surface area contributed by atoms with Crippen LogP contribution in [0.25, 0.3) is 0 Å². The molecule has 1 aliphatic rings. The third-order valence-corrected chi connectivity index (χ3v) is 3.80. The van der Waals surface area contributed by atoms with E-state index in [2.05, 4.69) is 24.8 Å². The fourth-order valence-corrected chi connectivity index (χ4v) is 2.32. The molecule has 7 heteroatoms. The number of rotatable bonds is 5. The molecule has 1 aromatic heterocycles. The first-order valence-electron chi connectivity index (χ1n) is 6.60. The van der Waals surface area contributed by atoms with E-state index in [9.17, 15) is 0 Å². The molecule has 1 aliphatic heterocycles. The fourth-order valence-electron chi connectivity index (χ4n) is 2.32. The van der Waals surface area contributed by atoms with Crippen LogP contribution in [0, 0.1) is 5.41 Å². The van der Waals surface area contributed by atoms with E-state index in [-0.39, 0.29) is 5.41 Å². The summed E-state index contributed by atoms with van der Waals surface area (Å²) in [6.07, 6.45) is 3.69. The highest BCUT2D eigenvalue weighted by Gasteiger charge is 2.24. The second-order valence-electron chi connectivity index (χ2n) is 5.69. The second-order valence-corrected chi connectivity index (χ2v) is 5.69. The van der Waals surface area contributed by atoms with Gasteiger partial charge in [0.15, 0.2) is 0 Å². The van der Waals surface area contributed by atoms with Gasteiger partial charge in [-0.25, -0.2) is 0 Å². The van der Waals surface area contributed by atoms with Gasteiger partial charge in [0.25, 0.3) is 0 Å². The summed E-state index contributed by atoms with van der Waals surface area (Å²) in [5.74, 6) is 1.33. The van der Waals surface area contributed by atoms with Crippen molar-refractivity contribution in [3.05, 3.63) is 12.2 Å². The summed E-state index contributed by atoms with van der Waals surface area (Å²) in [5.41, 5.74) is 5.42. The normalized spacial score (nSPS) is 17.5. The molecule has 3 N–H and O–H groups in total. The molecule has 0 aliphatic carbocycles. The summed E-state index contributed by atoms with van der Waals surface area (Å²) >= 11 is 0. The molecule has 0 fully saturated rings. The van der Waals surface area contributed by atoms with Crippen molar-refractivity contribution in [2.24, 2.45) is 16.3 Å². The molecule has 106 valence electrons. The van der Waals surface area contributed by atoms with Crippen molar-refractivity contribution in [1.29, 1.82) is 0 Å². The van der Waals surface area contributed by atoms with Gasteiger partial charge in [-0.15, -0.1) is 10.2 Å². The Morgan fingerprint density at radius 3 is 3.05 bits per heavy atom. The molecule has 1 aromatic rings. The number of nitrogens with zero attached hydrogens (tertiary/aromatic N) is 5. The van der Waals surface area contributed by atoms with Crippen LogP contribution in [0.4, 0.5) is 0 Å². The molecule has 0 amide bonds. The minimum Gasteiger partial charge on any atom is -0.409 e. The van der Waals surface area contributed by atoms with Crippen molar-refractivity contribution >= 4 is 5.84 Å². The van der Waals surface area contributed by atoms with E-state index in [1.165, 1.54) is 0 Å². The standard InChI is InChI=1S/C12H22N6O/c1-12(2,11(13)16-19)4-3-5-17-6-7-18-9-14-15-10(18)8-17/h9,19H,3-8H2,1-2H3,(H2,13,16). The zero-order valence-corrected chi connectivity index (χ0v) is 11.6. The van der Waals surface area contributed by atoms with Crippen LogP contribution in [0.1, 0.15) is 32.5 Å². The van der Waals surface area contributed by atoms with Crippen molar-refractivity contribution in [2.75, 3.05) is 13.1 Å². The fraction of sp³-hybridized carbons (Fsp3) is 0.750. The van der Waals surface area contributed by atoms with Crippen molar-refractivity contribution in [3.8, 4) is 0 Å². The van der Waals surface area contributed by atoms with E-state index < -0.39 is 0 Å². The number of aromatic nitrogens is 3. The van der Waals surface area contributed by atoms with Gasteiger partial charge >= 0.3 is 0 Å². The Morgan fingerprint density at radius 2 is 2.32 bits per heavy atom. The highest BCUT2D eigenvalue weighted by molar-refractivity contribution is 5.85. The minimum atomic E-state index is -0.259. The van der Waals surface area contributed by atoms with Crippen molar-refractivity contribution in [3.63, 3.8) is 0 Å². The van der Waals surface area contributed by atoms with Gasteiger partial charge < -0.3 is 15.5 Å². The number of hydrogen-bond acceptors (Lipinski definition) is 5. The summed E-state index contributed by atoms with van der Waals surface area (Å²) in [5, 5.41) is 19.9.